The minimum absolute atomic E-state index is 0.0901. The van der Waals surface area contributed by atoms with E-state index < -0.39 is 15.1 Å². The van der Waals surface area contributed by atoms with Crippen LogP contribution in [0.1, 0.15) is 0 Å². The van der Waals surface area contributed by atoms with E-state index in [2.05, 4.69) is 10.6 Å². The Morgan fingerprint density at radius 3 is 2.93 bits per heavy atom. The third-order valence-corrected chi connectivity index (χ3v) is 5.06. The van der Waals surface area contributed by atoms with Crippen molar-refractivity contribution in [2.24, 2.45) is 0 Å². The molecule has 80 valence electrons. The first-order valence-electron chi connectivity index (χ1n) is 4.32. The molecule has 0 aliphatic carbocycles. The Bertz CT molecular complexity index is 354. The van der Waals surface area contributed by atoms with Crippen LogP contribution >= 0.6 is 12.2 Å². The van der Waals surface area contributed by atoms with Gasteiger partial charge in [0, 0.05) is 7.11 Å². The van der Waals surface area contributed by atoms with Gasteiger partial charge in [-0.25, -0.2) is 8.42 Å². The second kappa shape index (κ2) is 3.32. The molecule has 2 aliphatic heterocycles. The predicted octanol–water partition coefficient (Wildman–Crippen LogP) is -1.36. The highest BCUT2D eigenvalue weighted by Gasteiger charge is 2.50. The first-order valence-corrected chi connectivity index (χ1v) is 6.44. The first kappa shape index (κ1) is 10.1. The largest absolute Gasteiger partial charge is 0.383 e. The lowest BCUT2D eigenvalue weighted by Crippen LogP contribution is -2.41. The van der Waals surface area contributed by atoms with E-state index in [1.807, 2.05) is 0 Å². The van der Waals surface area contributed by atoms with Gasteiger partial charge < -0.3 is 15.4 Å². The van der Waals surface area contributed by atoms with Crippen molar-refractivity contribution in [3.05, 3.63) is 0 Å². The Hall–Kier alpha value is -0.400. The van der Waals surface area contributed by atoms with Crippen LogP contribution in [0.15, 0.2) is 0 Å². The summed E-state index contributed by atoms with van der Waals surface area (Å²) in [4.78, 5) is 0. The molecule has 5 nitrogen and oxygen atoms in total. The fourth-order valence-electron chi connectivity index (χ4n) is 2.02. The normalized spacial score (nSPS) is 38.9. The van der Waals surface area contributed by atoms with E-state index in [9.17, 15) is 8.42 Å². The van der Waals surface area contributed by atoms with Crippen LogP contribution < -0.4 is 10.6 Å². The van der Waals surface area contributed by atoms with Crippen molar-refractivity contribution in [2.75, 3.05) is 19.5 Å². The quantitative estimate of drug-likeness (QED) is 0.578. The number of fused-ring (bicyclic) bond motifs is 1. The fourth-order valence-corrected chi connectivity index (χ4v) is 4.39. The maximum atomic E-state index is 11.7. The van der Waals surface area contributed by atoms with E-state index in [1.165, 1.54) is 7.11 Å². The Morgan fingerprint density at radius 2 is 2.29 bits per heavy atom. The van der Waals surface area contributed by atoms with Crippen molar-refractivity contribution in [1.82, 2.24) is 10.6 Å². The van der Waals surface area contributed by atoms with Crippen molar-refractivity contribution in [2.45, 2.75) is 17.3 Å². The number of methoxy groups -OCH3 is 1. The Morgan fingerprint density at radius 1 is 1.57 bits per heavy atom. The van der Waals surface area contributed by atoms with Crippen LogP contribution in [0.3, 0.4) is 0 Å². The average Bonchev–Trinajstić information content (AvgIpc) is 2.49. The number of ether oxygens (including phenoxy) is 1. The SMILES string of the molecule is COC[C@H]1[C@H]2NC(=S)N[C@H]2CS1(=O)=O. The fraction of sp³-hybridized carbons (Fsp3) is 0.857. The predicted molar refractivity (Wildman–Crippen MR) is 55.9 cm³/mol. The molecular weight excluding hydrogens is 224 g/mol. The topological polar surface area (TPSA) is 67.4 Å². The number of rotatable bonds is 2. The third kappa shape index (κ3) is 1.49. The summed E-state index contributed by atoms with van der Waals surface area (Å²) in [5, 5.41) is 5.97. The molecule has 0 radical (unpaired) electrons. The van der Waals surface area contributed by atoms with Gasteiger partial charge in [0.2, 0.25) is 0 Å². The number of hydrogen-bond donors (Lipinski definition) is 2. The second-order valence-electron chi connectivity index (χ2n) is 3.57. The zero-order valence-corrected chi connectivity index (χ0v) is 9.32. The highest BCUT2D eigenvalue weighted by Crippen LogP contribution is 2.24. The summed E-state index contributed by atoms with van der Waals surface area (Å²) in [6, 6.07) is -0.222. The Kier molecular flexibility index (Phi) is 2.40. The molecule has 3 atom stereocenters. The van der Waals surface area contributed by atoms with Gasteiger partial charge in [0.1, 0.15) is 5.25 Å². The lowest BCUT2D eigenvalue weighted by atomic mass is 10.1. The van der Waals surface area contributed by atoms with Crippen LogP contribution in [-0.4, -0.2) is 50.3 Å². The van der Waals surface area contributed by atoms with E-state index in [0.29, 0.717) is 5.11 Å². The van der Waals surface area contributed by atoms with Crippen molar-refractivity contribution in [1.29, 1.82) is 0 Å². The Labute approximate surface area is 88.1 Å². The molecule has 0 aromatic carbocycles. The van der Waals surface area contributed by atoms with Gasteiger partial charge in [-0.3, -0.25) is 0 Å². The number of thiocarbonyl (C=S) groups is 1. The zero-order chi connectivity index (χ0) is 10.3. The van der Waals surface area contributed by atoms with Gasteiger partial charge in [0.05, 0.1) is 24.4 Å². The smallest absolute Gasteiger partial charge is 0.166 e. The highest BCUT2D eigenvalue weighted by atomic mass is 32.2. The molecule has 14 heavy (non-hydrogen) atoms. The number of hydrogen-bond acceptors (Lipinski definition) is 4. The van der Waals surface area contributed by atoms with Gasteiger partial charge in [-0.05, 0) is 12.2 Å². The first-order chi connectivity index (χ1) is 6.54. The van der Waals surface area contributed by atoms with Crippen molar-refractivity contribution >= 4 is 27.2 Å². The zero-order valence-electron chi connectivity index (χ0n) is 7.69. The molecule has 0 aromatic heterocycles. The van der Waals surface area contributed by atoms with Crippen LogP contribution in [-0.2, 0) is 14.6 Å². The highest BCUT2D eigenvalue weighted by molar-refractivity contribution is 7.92. The molecule has 0 aromatic rings. The molecule has 2 heterocycles. The van der Waals surface area contributed by atoms with Crippen LogP contribution in [0, 0.1) is 0 Å². The lowest BCUT2D eigenvalue weighted by Gasteiger charge is -2.15. The third-order valence-electron chi connectivity index (χ3n) is 2.65. The van der Waals surface area contributed by atoms with Crippen molar-refractivity contribution < 1.29 is 13.2 Å². The van der Waals surface area contributed by atoms with Gasteiger partial charge >= 0.3 is 0 Å². The van der Waals surface area contributed by atoms with E-state index in [-0.39, 0.29) is 24.4 Å². The van der Waals surface area contributed by atoms with Gasteiger partial charge in [-0.15, -0.1) is 0 Å². The summed E-state index contributed by atoms with van der Waals surface area (Å²) in [7, 11) is -1.54. The Balaban J connectivity index is 2.23. The monoisotopic (exact) mass is 236 g/mol. The van der Waals surface area contributed by atoms with E-state index in [4.69, 9.17) is 17.0 Å². The molecule has 7 heteroatoms. The summed E-state index contributed by atoms with van der Waals surface area (Å²) >= 11 is 4.93. The lowest BCUT2D eigenvalue weighted by molar-refractivity contribution is 0.189. The van der Waals surface area contributed by atoms with E-state index in [1.54, 1.807) is 0 Å². The maximum absolute atomic E-state index is 11.7. The average molecular weight is 236 g/mol. The van der Waals surface area contributed by atoms with Crippen LogP contribution in [0.4, 0.5) is 0 Å². The summed E-state index contributed by atoms with van der Waals surface area (Å²) in [6.07, 6.45) is 0. The molecule has 2 N–H and O–H groups in total. The molecule has 0 saturated carbocycles. The van der Waals surface area contributed by atoms with Gasteiger partial charge in [0.25, 0.3) is 0 Å². The summed E-state index contributed by atoms with van der Waals surface area (Å²) in [5.74, 6) is 0.138. The molecule has 0 amide bonds. The van der Waals surface area contributed by atoms with Crippen LogP contribution in [0.5, 0.6) is 0 Å². The molecule has 2 aliphatic rings. The summed E-state index contributed by atoms with van der Waals surface area (Å²) in [6.45, 7) is 0.223. The maximum Gasteiger partial charge on any atom is 0.166 e. The molecular formula is C7H12N2O3S2. The summed E-state index contributed by atoms with van der Waals surface area (Å²) < 4.78 is 28.3. The molecule has 2 fully saturated rings. The molecule has 2 rings (SSSR count). The van der Waals surface area contributed by atoms with Crippen LogP contribution in [0.2, 0.25) is 0 Å². The molecule has 2 saturated heterocycles. The second-order valence-corrected chi connectivity index (χ2v) is 6.25. The van der Waals surface area contributed by atoms with Crippen molar-refractivity contribution in [3.8, 4) is 0 Å². The summed E-state index contributed by atoms with van der Waals surface area (Å²) in [5.41, 5.74) is 0. The minimum atomic E-state index is -3.04. The molecule has 0 unspecified atom stereocenters. The van der Waals surface area contributed by atoms with Gasteiger partial charge in [0.15, 0.2) is 14.9 Å². The minimum Gasteiger partial charge on any atom is -0.383 e. The molecule has 0 bridgehead atoms. The number of nitrogens with one attached hydrogen (secondary N) is 2. The number of sulfone groups is 1. The van der Waals surface area contributed by atoms with E-state index in [0.717, 1.165) is 0 Å². The van der Waals surface area contributed by atoms with Crippen LogP contribution in [0.25, 0.3) is 0 Å². The molecule has 0 spiro atoms. The standard InChI is InChI=1S/C7H12N2O3S2/c1-12-2-5-6-4(3-14(5,10)11)8-7(13)9-6/h4-6H,2-3H2,1H3,(H2,8,9,13)/t4-,5-,6-/m0/s1. The van der Waals surface area contributed by atoms with E-state index >= 15 is 0 Å². The van der Waals surface area contributed by atoms with Crippen molar-refractivity contribution in [3.63, 3.8) is 0 Å². The van der Waals surface area contributed by atoms with Gasteiger partial charge in [-0.2, -0.15) is 0 Å². The van der Waals surface area contributed by atoms with Gasteiger partial charge in [-0.1, -0.05) is 0 Å².